The lowest BCUT2D eigenvalue weighted by molar-refractivity contribution is -0.120. The average Bonchev–Trinajstić information content (AvgIpc) is 3.51. The smallest absolute Gasteiger partial charge is 0.332 e. The van der Waals surface area contributed by atoms with Crippen LogP contribution in [-0.4, -0.2) is 40.3 Å². The molecule has 1 saturated heterocycles. The molecule has 2 aliphatic rings. The number of rotatable bonds is 6. The summed E-state index contributed by atoms with van der Waals surface area (Å²) >= 11 is 0. The van der Waals surface area contributed by atoms with Crippen LogP contribution < -0.4 is 10.2 Å². The number of imide groups is 1. The molecular formula is C35H30N4O3. The predicted octanol–water partition coefficient (Wildman–Crippen LogP) is 5.93. The molecule has 0 radical (unpaired) electrons. The summed E-state index contributed by atoms with van der Waals surface area (Å²) in [7, 11) is 0. The molecule has 0 saturated carbocycles. The number of aromatic amines is 1. The number of nitrogens with zero attached hydrogens (tertiary/aromatic N) is 2. The minimum Gasteiger partial charge on any atom is -0.356 e. The van der Waals surface area contributed by atoms with Crippen LogP contribution in [0.1, 0.15) is 44.3 Å². The van der Waals surface area contributed by atoms with Crippen LogP contribution in [0.3, 0.4) is 0 Å². The summed E-state index contributed by atoms with van der Waals surface area (Å²) in [5, 5.41) is 4.03. The molecule has 7 nitrogen and oxygen atoms in total. The van der Waals surface area contributed by atoms with Crippen LogP contribution in [0.5, 0.6) is 0 Å². The van der Waals surface area contributed by atoms with E-state index in [1.807, 2.05) is 79.7 Å². The van der Waals surface area contributed by atoms with E-state index in [-0.39, 0.29) is 11.8 Å². The molecule has 2 atom stereocenters. The normalized spacial score (nSPS) is 17.8. The Kier molecular flexibility index (Phi) is 6.35. The fraction of sp³-hybridized carbons (Fsp3) is 0.171. The Labute approximate surface area is 243 Å². The molecule has 1 aromatic heterocycles. The number of nitrogens with one attached hydrogen (secondary N) is 2. The highest BCUT2D eigenvalue weighted by molar-refractivity contribution is 6.24. The molecule has 4 aromatic carbocycles. The van der Waals surface area contributed by atoms with Gasteiger partial charge in [-0.25, -0.2) is 9.69 Å². The van der Waals surface area contributed by atoms with Gasteiger partial charge in [0, 0.05) is 29.6 Å². The number of fused-ring (bicyclic) bond motifs is 4. The number of urea groups is 1. The molecule has 7 rings (SSSR count). The van der Waals surface area contributed by atoms with Gasteiger partial charge in [0.05, 0.1) is 11.3 Å². The second-order valence-electron chi connectivity index (χ2n) is 10.9. The number of anilines is 1. The van der Waals surface area contributed by atoms with Crippen LogP contribution in [0, 0.1) is 6.92 Å². The third-order valence-electron chi connectivity index (χ3n) is 8.46. The number of aryl methyl sites for hydroxylation is 1. The summed E-state index contributed by atoms with van der Waals surface area (Å²) in [5.41, 5.74) is 6.67. The third-order valence-corrected chi connectivity index (χ3v) is 8.46. The summed E-state index contributed by atoms with van der Waals surface area (Å²) in [6.07, 6.45) is 1.07. The lowest BCUT2D eigenvalue weighted by atomic mass is 9.87. The Balaban J connectivity index is 1.26. The van der Waals surface area contributed by atoms with Gasteiger partial charge >= 0.3 is 6.03 Å². The second kappa shape index (κ2) is 10.3. The molecule has 0 spiro atoms. The molecular weight excluding hydrogens is 524 g/mol. The van der Waals surface area contributed by atoms with Crippen molar-refractivity contribution in [2.24, 2.45) is 0 Å². The molecule has 2 N–H and O–H groups in total. The number of amides is 4. The number of benzene rings is 4. The molecule has 0 bridgehead atoms. The average molecular weight is 555 g/mol. The van der Waals surface area contributed by atoms with Gasteiger partial charge in [0.1, 0.15) is 12.1 Å². The fourth-order valence-corrected chi connectivity index (χ4v) is 6.44. The van der Waals surface area contributed by atoms with Crippen LogP contribution in [0.2, 0.25) is 0 Å². The van der Waals surface area contributed by atoms with Crippen LogP contribution in [-0.2, 0) is 17.6 Å². The van der Waals surface area contributed by atoms with Gasteiger partial charge in [0.15, 0.2) is 0 Å². The van der Waals surface area contributed by atoms with Gasteiger partial charge in [-0.3, -0.25) is 14.5 Å². The van der Waals surface area contributed by atoms with Crippen LogP contribution >= 0.6 is 0 Å². The monoisotopic (exact) mass is 554 g/mol. The molecule has 4 amide bonds. The highest BCUT2D eigenvalue weighted by atomic mass is 16.2. The van der Waals surface area contributed by atoms with E-state index in [0.29, 0.717) is 30.6 Å². The van der Waals surface area contributed by atoms with E-state index in [9.17, 15) is 14.4 Å². The molecule has 5 aromatic rings. The first-order valence-electron chi connectivity index (χ1n) is 14.3. The van der Waals surface area contributed by atoms with Gasteiger partial charge < -0.3 is 10.3 Å². The highest BCUT2D eigenvalue weighted by Crippen LogP contribution is 2.45. The van der Waals surface area contributed by atoms with E-state index in [1.54, 1.807) is 29.2 Å². The molecule has 2 aliphatic heterocycles. The number of H-pyrrole nitrogens is 1. The van der Waals surface area contributed by atoms with Crippen molar-refractivity contribution >= 4 is 34.4 Å². The van der Waals surface area contributed by atoms with Gasteiger partial charge in [-0.15, -0.1) is 0 Å². The Hall–Kier alpha value is -5.17. The first-order valence-corrected chi connectivity index (χ1v) is 14.3. The molecule has 1 unspecified atom stereocenters. The predicted molar refractivity (Wildman–Crippen MR) is 162 cm³/mol. The van der Waals surface area contributed by atoms with Crippen molar-refractivity contribution < 1.29 is 14.4 Å². The number of carbonyl (C=O) groups is 3. The summed E-state index contributed by atoms with van der Waals surface area (Å²) < 4.78 is 0. The summed E-state index contributed by atoms with van der Waals surface area (Å²) in [5.74, 6) is -0.641. The van der Waals surface area contributed by atoms with Crippen LogP contribution in [0.4, 0.5) is 10.5 Å². The standard InChI is InChI=1S/C35H30N4O3/c1-22-11-5-6-14-24(22)32-31-27(25-15-7-9-17-28(25)37-31)21-30-34(41)39(35(42)38(30)32)29-18-10-8-16-26(29)33(40)36-20-19-23-12-3-2-4-13-23/h2-18,30,32,37H,19-21H2,1H3,(H,36,40)/t30-,32?/m0/s1. The maximum Gasteiger partial charge on any atom is 0.332 e. The maximum absolute atomic E-state index is 14.3. The Morgan fingerprint density at radius 1 is 0.881 bits per heavy atom. The number of hydrogen-bond acceptors (Lipinski definition) is 3. The van der Waals surface area contributed by atoms with Crippen molar-refractivity contribution in [3.63, 3.8) is 0 Å². The Morgan fingerprint density at radius 3 is 2.43 bits per heavy atom. The minimum absolute atomic E-state index is 0.295. The molecule has 7 heteroatoms. The van der Waals surface area contributed by atoms with Crippen molar-refractivity contribution in [2.45, 2.75) is 31.8 Å². The van der Waals surface area contributed by atoms with Crippen molar-refractivity contribution in [1.29, 1.82) is 0 Å². The third kappa shape index (κ3) is 4.16. The first-order chi connectivity index (χ1) is 20.5. The molecule has 3 heterocycles. The number of aromatic nitrogens is 1. The van der Waals surface area contributed by atoms with E-state index in [1.165, 1.54) is 4.90 Å². The van der Waals surface area contributed by atoms with Crippen LogP contribution in [0.15, 0.2) is 103 Å². The molecule has 208 valence electrons. The number of para-hydroxylation sites is 2. The SMILES string of the molecule is Cc1ccccc1C1c2[nH]c3ccccc3c2C[C@H]2C(=O)N(c3ccccc3C(=O)NCCc3ccccc3)C(=O)N12. The lowest BCUT2D eigenvalue weighted by Crippen LogP contribution is -2.44. The van der Waals surface area contributed by atoms with Crippen molar-refractivity contribution in [2.75, 3.05) is 11.4 Å². The van der Waals surface area contributed by atoms with Crippen molar-refractivity contribution in [3.8, 4) is 0 Å². The zero-order chi connectivity index (χ0) is 28.8. The largest absolute Gasteiger partial charge is 0.356 e. The minimum atomic E-state index is -0.692. The number of hydrogen-bond donors (Lipinski definition) is 2. The van der Waals surface area contributed by atoms with E-state index in [4.69, 9.17) is 0 Å². The van der Waals surface area contributed by atoms with Gasteiger partial charge in [-0.05, 0) is 53.8 Å². The summed E-state index contributed by atoms with van der Waals surface area (Å²) in [4.78, 5) is 48.4. The molecule has 1 fully saturated rings. The Morgan fingerprint density at radius 2 is 1.60 bits per heavy atom. The summed E-state index contributed by atoms with van der Waals surface area (Å²) in [6, 6.07) is 31.2. The van der Waals surface area contributed by atoms with E-state index in [2.05, 4.69) is 16.4 Å². The van der Waals surface area contributed by atoms with Gasteiger partial charge in [-0.1, -0.05) is 84.9 Å². The summed E-state index contributed by atoms with van der Waals surface area (Å²) in [6.45, 7) is 2.46. The number of carbonyl (C=O) groups excluding carboxylic acids is 3. The highest BCUT2D eigenvalue weighted by Gasteiger charge is 2.53. The van der Waals surface area contributed by atoms with E-state index < -0.39 is 18.1 Å². The zero-order valence-corrected chi connectivity index (χ0v) is 23.2. The molecule has 42 heavy (non-hydrogen) atoms. The van der Waals surface area contributed by atoms with E-state index in [0.717, 1.165) is 38.9 Å². The Bertz CT molecular complexity index is 1840. The van der Waals surface area contributed by atoms with Gasteiger partial charge in [0.2, 0.25) is 0 Å². The molecule has 0 aliphatic carbocycles. The quantitative estimate of drug-likeness (QED) is 0.255. The maximum atomic E-state index is 14.3. The zero-order valence-electron chi connectivity index (χ0n) is 23.2. The lowest BCUT2D eigenvalue weighted by Gasteiger charge is -2.36. The second-order valence-corrected chi connectivity index (χ2v) is 10.9. The first kappa shape index (κ1) is 25.8. The van der Waals surface area contributed by atoms with E-state index >= 15 is 0 Å². The van der Waals surface area contributed by atoms with Crippen LogP contribution in [0.25, 0.3) is 10.9 Å². The van der Waals surface area contributed by atoms with Gasteiger partial charge in [-0.2, -0.15) is 0 Å². The van der Waals surface area contributed by atoms with Crippen molar-refractivity contribution in [3.05, 3.63) is 137 Å². The van der Waals surface area contributed by atoms with Gasteiger partial charge in [0.25, 0.3) is 11.8 Å². The topological polar surface area (TPSA) is 85.5 Å². The fourth-order valence-electron chi connectivity index (χ4n) is 6.44. The van der Waals surface area contributed by atoms with Crippen molar-refractivity contribution in [1.82, 2.24) is 15.2 Å².